The molecule has 0 bridgehead atoms. The lowest BCUT2D eigenvalue weighted by Crippen LogP contribution is -2.06. The quantitative estimate of drug-likeness (QED) is 0.101. The van der Waals surface area contributed by atoms with Crippen LogP contribution in [0.25, 0.3) is 10.9 Å². The summed E-state index contributed by atoms with van der Waals surface area (Å²) in [4.78, 5) is 28.6. The number of aryl methyl sites for hydroxylation is 1. The summed E-state index contributed by atoms with van der Waals surface area (Å²) < 4.78 is 5.06. The van der Waals surface area contributed by atoms with E-state index in [2.05, 4.69) is 50.0 Å². The van der Waals surface area contributed by atoms with E-state index in [0.29, 0.717) is 44.1 Å². The number of benzene rings is 2. The van der Waals surface area contributed by atoms with E-state index in [1.165, 1.54) is 36.8 Å². The van der Waals surface area contributed by atoms with Crippen LogP contribution in [-0.2, 0) is 22.4 Å². The van der Waals surface area contributed by atoms with E-state index in [1.807, 2.05) is 31.2 Å². The largest absolute Gasteiger partial charge is 0.466 e. The Kier molecular flexibility index (Phi) is 12.8. The third-order valence-electron chi connectivity index (χ3n) is 7.63. The highest BCUT2D eigenvalue weighted by Crippen LogP contribution is 2.30. The summed E-state index contributed by atoms with van der Waals surface area (Å²) >= 11 is 0. The Morgan fingerprint density at radius 3 is 2.31 bits per heavy atom. The van der Waals surface area contributed by atoms with Crippen molar-refractivity contribution >= 4 is 22.7 Å². The van der Waals surface area contributed by atoms with E-state index in [1.54, 1.807) is 0 Å². The van der Waals surface area contributed by atoms with Gasteiger partial charge in [-0.3, -0.25) is 9.59 Å². The zero-order valence-electron chi connectivity index (χ0n) is 24.7. The lowest BCUT2D eigenvalue weighted by atomic mass is 9.87. The van der Waals surface area contributed by atoms with E-state index in [4.69, 9.17) is 4.74 Å². The van der Waals surface area contributed by atoms with Gasteiger partial charge in [0, 0.05) is 35.0 Å². The number of H-pyrrole nitrogens is 1. The Labute approximate surface area is 235 Å². The molecule has 3 aromatic rings. The molecule has 0 radical (unpaired) electrons. The number of carbonyl (C=O) groups is 2. The smallest absolute Gasteiger partial charge is 0.305 e. The third-order valence-corrected chi connectivity index (χ3v) is 7.63. The predicted molar refractivity (Wildman–Crippen MR) is 163 cm³/mol. The first-order valence-electron chi connectivity index (χ1n) is 15.3. The standard InChI is InChI=1S/C35H49NO3/c1-5-7-14-28(29-23-21-27(22-24-29)25-26(3)4)15-9-8-10-19-33(37)35-30-16-11-12-17-31(30)36-32(35)18-13-20-34(38)39-6-2/h11-12,16-17,21-24,26,28,36H,5-10,13-15,18-20,25H2,1-4H3. The molecular formula is C35H49NO3. The summed E-state index contributed by atoms with van der Waals surface area (Å²) in [7, 11) is 0. The van der Waals surface area contributed by atoms with Crippen molar-refractivity contribution in [3.05, 3.63) is 70.9 Å². The third kappa shape index (κ3) is 9.67. The van der Waals surface area contributed by atoms with Crippen LogP contribution in [0.3, 0.4) is 0 Å². The van der Waals surface area contributed by atoms with Crippen LogP contribution in [0.1, 0.15) is 125 Å². The minimum atomic E-state index is -0.176. The van der Waals surface area contributed by atoms with Crippen LogP contribution in [0, 0.1) is 5.92 Å². The first-order chi connectivity index (χ1) is 18.9. The second-order valence-corrected chi connectivity index (χ2v) is 11.4. The number of aromatic nitrogens is 1. The fraction of sp³-hybridized carbons (Fsp3) is 0.543. The number of aromatic amines is 1. The number of carbonyl (C=O) groups excluding carboxylic acids is 2. The zero-order chi connectivity index (χ0) is 28.0. The molecule has 0 aliphatic rings. The van der Waals surface area contributed by atoms with Crippen molar-refractivity contribution < 1.29 is 14.3 Å². The molecule has 2 aromatic carbocycles. The maximum absolute atomic E-state index is 13.4. The van der Waals surface area contributed by atoms with Crippen molar-refractivity contribution in [1.29, 1.82) is 0 Å². The molecule has 0 saturated heterocycles. The molecule has 4 heteroatoms. The Morgan fingerprint density at radius 1 is 0.846 bits per heavy atom. The summed E-state index contributed by atoms with van der Waals surface area (Å²) in [5, 5.41) is 0.995. The van der Waals surface area contributed by atoms with Gasteiger partial charge in [0.2, 0.25) is 0 Å². The molecule has 0 amide bonds. The summed E-state index contributed by atoms with van der Waals surface area (Å²) in [5.41, 5.74) is 5.66. The van der Waals surface area contributed by atoms with E-state index < -0.39 is 0 Å². The SMILES string of the molecule is CCCCC(CCCCCC(=O)c1c(CCCC(=O)OCC)[nH]c2ccccc12)c1ccc(CC(C)C)cc1. The van der Waals surface area contributed by atoms with Gasteiger partial charge in [0.25, 0.3) is 0 Å². The van der Waals surface area contributed by atoms with Gasteiger partial charge < -0.3 is 9.72 Å². The Bertz CT molecular complexity index is 1160. The summed E-state index contributed by atoms with van der Waals surface area (Å²) in [6.07, 6.45) is 11.5. The van der Waals surface area contributed by atoms with Gasteiger partial charge in [-0.25, -0.2) is 0 Å². The number of ether oxygens (including phenoxy) is 1. The molecule has 1 unspecified atom stereocenters. The van der Waals surface area contributed by atoms with Crippen LogP contribution < -0.4 is 0 Å². The lowest BCUT2D eigenvalue weighted by Gasteiger charge is -2.18. The molecule has 212 valence electrons. The first kappa shape index (κ1) is 30.7. The molecule has 0 aliphatic carbocycles. The minimum absolute atomic E-state index is 0.176. The van der Waals surface area contributed by atoms with Crippen molar-refractivity contribution in [2.75, 3.05) is 6.61 Å². The monoisotopic (exact) mass is 531 g/mol. The molecule has 39 heavy (non-hydrogen) atoms. The molecule has 0 spiro atoms. The number of esters is 1. The molecule has 0 fully saturated rings. The van der Waals surface area contributed by atoms with Crippen molar-refractivity contribution in [3.8, 4) is 0 Å². The number of rotatable bonds is 18. The number of unbranched alkanes of at least 4 members (excludes halogenated alkanes) is 3. The van der Waals surface area contributed by atoms with Gasteiger partial charge in [-0.05, 0) is 74.5 Å². The van der Waals surface area contributed by atoms with E-state index in [9.17, 15) is 9.59 Å². The minimum Gasteiger partial charge on any atom is -0.466 e. The average molecular weight is 532 g/mol. The maximum atomic E-state index is 13.4. The van der Waals surface area contributed by atoms with Crippen molar-refractivity contribution in [2.24, 2.45) is 5.92 Å². The highest BCUT2D eigenvalue weighted by molar-refractivity contribution is 6.09. The fourth-order valence-electron chi connectivity index (χ4n) is 5.65. The number of nitrogens with one attached hydrogen (secondary N) is 1. The van der Waals surface area contributed by atoms with Gasteiger partial charge in [0.15, 0.2) is 5.78 Å². The van der Waals surface area contributed by atoms with Crippen LogP contribution in [0.5, 0.6) is 0 Å². The second-order valence-electron chi connectivity index (χ2n) is 11.4. The molecular weight excluding hydrogens is 482 g/mol. The number of fused-ring (bicyclic) bond motifs is 1. The van der Waals surface area contributed by atoms with Crippen molar-refractivity contribution in [2.45, 2.75) is 111 Å². The fourth-order valence-corrected chi connectivity index (χ4v) is 5.65. The molecule has 4 nitrogen and oxygen atoms in total. The maximum Gasteiger partial charge on any atom is 0.305 e. The molecule has 1 heterocycles. The normalized spacial score (nSPS) is 12.2. The lowest BCUT2D eigenvalue weighted by molar-refractivity contribution is -0.143. The van der Waals surface area contributed by atoms with Crippen molar-refractivity contribution in [1.82, 2.24) is 4.98 Å². The van der Waals surface area contributed by atoms with E-state index in [0.717, 1.165) is 47.8 Å². The van der Waals surface area contributed by atoms with Gasteiger partial charge in [-0.1, -0.05) is 88.9 Å². The van der Waals surface area contributed by atoms with Crippen LogP contribution >= 0.6 is 0 Å². The average Bonchev–Trinajstić information content (AvgIpc) is 3.29. The van der Waals surface area contributed by atoms with Gasteiger partial charge in [-0.2, -0.15) is 0 Å². The molecule has 1 aromatic heterocycles. The molecule has 1 atom stereocenters. The van der Waals surface area contributed by atoms with Crippen LogP contribution in [0.2, 0.25) is 0 Å². The Morgan fingerprint density at radius 2 is 1.59 bits per heavy atom. The van der Waals surface area contributed by atoms with Gasteiger partial charge >= 0.3 is 5.97 Å². The number of hydrogen-bond acceptors (Lipinski definition) is 3. The highest BCUT2D eigenvalue weighted by atomic mass is 16.5. The van der Waals surface area contributed by atoms with Gasteiger partial charge in [0.1, 0.15) is 0 Å². The van der Waals surface area contributed by atoms with Crippen LogP contribution in [-0.4, -0.2) is 23.3 Å². The number of Topliss-reactive ketones (excluding diaryl/α,β-unsaturated/α-hetero) is 1. The molecule has 0 aliphatic heterocycles. The first-order valence-corrected chi connectivity index (χ1v) is 15.3. The summed E-state index contributed by atoms with van der Waals surface area (Å²) in [5.74, 6) is 1.32. The molecule has 1 N–H and O–H groups in total. The van der Waals surface area contributed by atoms with Crippen molar-refractivity contribution in [3.63, 3.8) is 0 Å². The molecule has 0 saturated carbocycles. The topological polar surface area (TPSA) is 59.2 Å². The summed E-state index contributed by atoms with van der Waals surface area (Å²) in [6.45, 7) is 9.04. The number of ketones is 1. The highest BCUT2D eigenvalue weighted by Gasteiger charge is 2.18. The predicted octanol–water partition coefficient (Wildman–Crippen LogP) is 9.36. The second kappa shape index (κ2) is 16.3. The summed E-state index contributed by atoms with van der Waals surface area (Å²) in [6, 6.07) is 17.4. The number of para-hydroxylation sites is 1. The van der Waals surface area contributed by atoms with Crippen LogP contribution in [0.4, 0.5) is 0 Å². The molecule has 3 rings (SSSR count). The Hall–Kier alpha value is -2.88. The van der Waals surface area contributed by atoms with Gasteiger partial charge in [0.05, 0.1) is 6.61 Å². The van der Waals surface area contributed by atoms with Crippen LogP contribution in [0.15, 0.2) is 48.5 Å². The van der Waals surface area contributed by atoms with E-state index >= 15 is 0 Å². The van der Waals surface area contributed by atoms with E-state index in [-0.39, 0.29) is 11.8 Å². The number of hydrogen-bond donors (Lipinski definition) is 1. The Balaban J connectivity index is 1.54. The van der Waals surface area contributed by atoms with Gasteiger partial charge in [-0.15, -0.1) is 0 Å². The zero-order valence-corrected chi connectivity index (χ0v) is 24.7.